The number of likely N-dealkylation sites (tertiary alicyclic amines) is 1. The molecule has 0 radical (unpaired) electrons. The van der Waals surface area contributed by atoms with Crippen LogP contribution < -0.4 is 9.47 Å². The predicted molar refractivity (Wildman–Crippen MR) is 120 cm³/mol. The van der Waals surface area contributed by atoms with Gasteiger partial charge < -0.3 is 24.6 Å². The molecule has 5 atom stereocenters. The fourth-order valence-corrected chi connectivity index (χ4v) is 7.40. The first-order valence-corrected chi connectivity index (χ1v) is 12.0. The van der Waals surface area contributed by atoms with Crippen molar-refractivity contribution in [2.45, 2.75) is 62.4 Å². The van der Waals surface area contributed by atoms with Crippen molar-refractivity contribution in [3.63, 3.8) is 0 Å². The molecule has 0 saturated carbocycles. The van der Waals surface area contributed by atoms with E-state index >= 15 is 0 Å². The van der Waals surface area contributed by atoms with E-state index in [4.69, 9.17) is 9.47 Å². The van der Waals surface area contributed by atoms with Gasteiger partial charge in [-0.05, 0) is 75.0 Å². The number of hydrogen-bond acceptors (Lipinski definition) is 5. The maximum atomic E-state index is 14.1. The van der Waals surface area contributed by atoms with Crippen molar-refractivity contribution in [3.8, 4) is 17.2 Å². The maximum Gasteiger partial charge on any atom is 0.166 e. The van der Waals surface area contributed by atoms with Gasteiger partial charge in [-0.1, -0.05) is 12.2 Å². The number of aromatic hydroxyl groups is 1. The van der Waals surface area contributed by atoms with E-state index in [-0.39, 0.29) is 35.6 Å². The van der Waals surface area contributed by atoms with Gasteiger partial charge in [0.25, 0.3) is 0 Å². The number of likely N-dealkylation sites (N-methyl/N-ethyl adjacent to an activating group) is 1. The van der Waals surface area contributed by atoms with E-state index in [0.717, 1.165) is 55.3 Å². The van der Waals surface area contributed by atoms with Gasteiger partial charge in [-0.25, -0.2) is 4.39 Å². The van der Waals surface area contributed by atoms with E-state index in [1.54, 1.807) is 6.07 Å². The summed E-state index contributed by atoms with van der Waals surface area (Å²) in [6.45, 7) is 1.14. The van der Waals surface area contributed by atoms with Crippen LogP contribution in [0.5, 0.6) is 17.2 Å². The number of fused-ring (bicyclic) bond motifs is 1. The Morgan fingerprint density at radius 3 is 2.97 bits per heavy atom. The Bertz CT molecular complexity index is 1210. The summed E-state index contributed by atoms with van der Waals surface area (Å²) in [6.07, 6.45) is 7.25. The highest BCUT2D eigenvalue weighted by Crippen LogP contribution is 2.63. The van der Waals surface area contributed by atoms with Gasteiger partial charge in [0.15, 0.2) is 11.5 Å². The SMILES string of the molecule is CN1CC[C@]23c4c5cc(COc6ccc(F)c7c6CCC7)c(O)c4O[C@H]2[C@@H](O)C=C[C@H]3[C@H]1C5. The van der Waals surface area contributed by atoms with E-state index in [1.807, 2.05) is 6.08 Å². The van der Waals surface area contributed by atoms with Gasteiger partial charge in [0.1, 0.15) is 30.4 Å². The van der Waals surface area contributed by atoms with Gasteiger partial charge >= 0.3 is 0 Å². The first-order chi connectivity index (χ1) is 16.0. The Morgan fingerprint density at radius 1 is 1.24 bits per heavy atom. The number of phenolic OH excluding ortho intramolecular Hbond substituents is 1. The van der Waals surface area contributed by atoms with E-state index in [9.17, 15) is 14.6 Å². The number of piperidine rings is 1. The van der Waals surface area contributed by atoms with Gasteiger partial charge in [-0.15, -0.1) is 0 Å². The van der Waals surface area contributed by atoms with Crippen molar-refractivity contribution in [3.05, 3.63) is 64.0 Å². The third-order valence-electron chi connectivity index (χ3n) is 8.91. The molecular formula is C27H28FNO4. The lowest BCUT2D eigenvalue weighted by Crippen LogP contribution is -2.64. The molecule has 0 aromatic heterocycles. The third-order valence-corrected chi connectivity index (χ3v) is 8.91. The van der Waals surface area contributed by atoms with Crippen LogP contribution in [0.1, 0.15) is 40.7 Å². The maximum absolute atomic E-state index is 14.1. The molecule has 7 rings (SSSR count). The second kappa shape index (κ2) is 6.73. The second-order valence-electron chi connectivity index (χ2n) is 10.4. The summed E-state index contributed by atoms with van der Waals surface area (Å²) < 4.78 is 26.6. The Balaban J connectivity index is 1.30. The highest BCUT2D eigenvalue weighted by Gasteiger charge is 2.64. The van der Waals surface area contributed by atoms with E-state index in [1.165, 1.54) is 11.6 Å². The Morgan fingerprint density at radius 2 is 2.09 bits per heavy atom. The number of ether oxygens (including phenoxy) is 2. The van der Waals surface area contributed by atoms with Gasteiger partial charge in [0.2, 0.25) is 0 Å². The van der Waals surface area contributed by atoms with Gasteiger partial charge in [-0.2, -0.15) is 0 Å². The summed E-state index contributed by atoms with van der Waals surface area (Å²) in [5.74, 6) is 1.44. The topological polar surface area (TPSA) is 62.2 Å². The van der Waals surface area contributed by atoms with Crippen LogP contribution in [0.4, 0.5) is 4.39 Å². The summed E-state index contributed by atoms with van der Waals surface area (Å²) in [7, 11) is 2.17. The first kappa shape index (κ1) is 19.9. The van der Waals surface area contributed by atoms with Crippen molar-refractivity contribution < 1.29 is 24.1 Å². The molecule has 5 aliphatic rings. The molecule has 2 aliphatic heterocycles. The monoisotopic (exact) mass is 449 g/mol. The van der Waals surface area contributed by atoms with Crippen molar-refractivity contribution >= 4 is 0 Å². The molecule has 0 amide bonds. The summed E-state index contributed by atoms with van der Waals surface area (Å²) >= 11 is 0. The summed E-state index contributed by atoms with van der Waals surface area (Å²) in [4.78, 5) is 2.42. The smallest absolute Gasteiger partial charge is 0.166 e. The highest BCUT2D eigenvalue weighted by atomic mass is 19.1. The van der Waals surface area contributed by atoms with Crippen LogP contribution in [0, 0.1) is 11.7 Å². The Labute approximate surface area is 192 Å². The number of aliphatic hydroxyl groups excluding tert-OH is 1. The minimum absolute atomic E-state index is 0.111. The zero-order valence-electron chi connectivity index (χ0n) is 18.7. The standard InChI is InChI=1S/C27H28FNO4/c1-29-10-9-27-18-5-7-21(30)26(27)33-25-23(27)14(12-20(18)29)11-15(24(25)31)13-32-22-8-6-19(28)16-3-2-4-17(16)22/h5-8,11,18,20-21,26,30-31H,2-4,9-10,12-13H2,1H3/t18-,20+,21-,26-,27-/m0/s1. The zero-order valence-corrected chi connectivity index (χ0v) is 18.7. The molecule has 0 unspecified atom stereocenters. The molecule has 2 heterocycles. The van der Waals surface area contributed by atoms with Crippen LogP contribution in [0.2, 0.25) is 0 Å². The fraction of sp³-hybridized carbons (Fsp3) is 0.481. The first-order valence-electron chi connectivity index (χ1n) is 12.0. The minimum atomic E-state index is -0.690. The van der Waals surface area contributed by atoms with Crippen molar-refractivity contribution in [1.29, 1.82) is 0 Å². The van der Waals surface area contributed by atoms with E-state index in [0.29, 0.717) is 23.1 Å². The largest absolute Gasteiger partial charge is 0.504 e. The van der Waals surface area contributed by atoms with Crippen LogP contribution in [0.15, 0.2) is 30.4 Å². The van der Waals surface area contributed by atoms with Gasteiger partial charge in [0, 0.05) is 34.1 Å². The van der Waals surface area contributed by atoms with E-state index in [2.05, 4.69) is 24.1 Å². The molecular weight excluding hydrogens is 421 g/mol. The number of aliphatic hydroxyl groups is 1. The summed E-state index contributed by atoms with van der Waals surface area (Å²) in [5.41, 5.74) is 4.37. The number of halogens is 1. The quantitative estimate of drug-likeness (QED) is 0.704. The van der Waals surface area contributed by atoms with Crippen LogP contribution in [-0.2, 0) is 31.3 Å². The molecule has 172 valence electrons. The molecule has 1 saturated heterocycles. The molecule has 1 fully saturated rings. The van der Waals surface area contributed by atoms with Gasteiger partial charge in [-0.3, -0.25) is 0 Å². The molecule has 6 heteroatoms. The Kier molecular flexibility index (Phi) is 4.05. The lowest BCUT2D eigenvalue weighted by atomic mass is 9.53. The van der Waals surface area contributed by atoms with Crippen molar-refractivity contribution in [2.75, 3.05) is 13.6 Å². The van der Waals surface area contributed by atoms with E-state index < -0.39 is 6.10 Å². The molecule has 33 heavy (non-hydrogen) atoms. The molecule has 3 aliphatic carbocycles. The molecule has 2 N–H and O–H groups in total. The lowest BCUT2D eigenvalue weighted by Gasteiger charge is -2.56. The molecule has 2 bridgehead atoms. The molecule has 5 nitrogen and oxygen atoms in total. The lowest BCUT2D eigenvalue weighted by molar-refractivity contribution is -0.0453. The number of benzene rings is 2. The second-order valence-corrected chi connectivity index (χ2v) is 10.4. The molecule has 1 spiro atoms. The minimum Gasteiger partial charge on any atom is -0.504 e. The zero-order chi connectivity index (χ0) is 22.5. The highest BCUT2D eigenvalue weighted by molar-refractivity contribution is 5.64. The molecule has 2 aromatic carbocycles. The van der Waals surface area contributed by atoms with Crippen LogP contribution in [0.3, 0.4) is 0 Å². The normalized spacial score (nSPS) is 32.9. The third kappa shape index (κ3) is 2.48. The van der Waals surface area contributed by atoms with Gasteiger partial charge in [0.05, 0.1) is 0 Å². The molecule has 2 aromatic rings. The van der Waals surface area contributed by atoms with Crippen molar-refractivity contribution in [1.82, 2.24) is 4.90 Å². The average molecular weight is 450 g/mol. The van der Waals surface area contributed by atoms with Crippen LogP contribution >= 0.6 is 0 Å². The average Bonchev–Trinajstić information content (AvgIpc) is 3.43. The number of phenols is 1. The fourth-order valence-electron chi connectivity index (χ4n) is 7.40. The van der Waals surface area contributed by atoms with Crippen LogP contribution in [-0.4, -0.2) is 47.0 Å². The predicted octanol–water partition coefficient (Wildman–Crippen LogP) is 3.40. The summed E-state index contributed by atoms with van der Waals surface area (Å²) in [6, 6.07) is 5.58. The van der Waals surface area contributed by atoms with Crippen molar-refractivity contribution in [2.24, 2.45) is 5.92 Å². The Hall–Kier alpha value is -2.57. The summed E-state index contributed by atoms with van der Waals surface area (Å²) in [5, 5.41) is 22.1. The number of rotatable bonds is 3. The number of hydrogen-bond donors (Lipinski definition) is 2. The number of nitrogens with zero attached hydrogens (tertiary/aromatic N) is 1. The van der Waals surface area contributed by atoms with Crippen LogP contribution in [0.25, 0.3) is 0 Å².